The quantitative estimate of drug-likeness (QED) is 0.762. The molecule has 0 atom stereocenters. The highest BCUT2D eigenvalue weighted by Gasteiger charge is 2.37. The number of nitrogens with zero attached hydrogens (tertiary/aromatic N) is 2. The van der Waals surface area contributed by atoms with Crippen molar-refractivity contribution in [3.05, 3.63) is 12.3 Å². The third kappa shape index (κ3) is 3.11. The summed E-state index contributed by atoms with van der Waals surface area (Å²) in [5, 5.41) is 6.76. The minimum absolute atomic E-state index is 0.0140. The zero-order chi connectivity index (χ0) is 13.9. The van der Waals surface area contributed by atoms with E-state index in [0.29, 0.717) is 18.7 Å². The van der Waals surface area contributed by atoms with Crippen LogP contribution in [-0.4, -0.2) is 34.3 Å². The molecule has 19 heavy (non-hydrogen) atoms. The molecule has 1 aliphatic rings. The fourth-order valence-electron chi connectivity index (χ4n) is 2.19. The van der Waals surface area contributed by atoms with E-state index >= 15 is 0 Å². The van der Waals surface area contributed by atoms with E-state index in [2.05, 4.69) is 15.2 Å². The van der Waals surface area contributed by atoms with Crippen LogP contribution in [0.4, 0.5) is 5.82 Å². The first-order valence-electron chi connectivity index (χ1n) is 6.24. The van der Waals surface area contributed by atoms with Gasteiger partial charge in [-0.1, -0.05) is 12.8 Å². The van der Waals surface area contributed by atoms with Gasteiger partial charge in [0.05, 0.1) is 12.6 Å². The van der Waals surface area contributed by atoms with Crippen LogP contribution >= 0.6 is 0 Å². The predicted octanol–water partition coefficient (Wildman–Crippen LogP) is 0.266. The lowest BCUT2D eigenvalue weighted by atomic mass is 9.98. The van der Waals surface area contributed by atoms with Gasteiger partial charge in [0, 0.05) is 12.3 Å². The monoisotopic (exact) mass is 266 g/mol. The Hall–Kier alpha value is -1.89. The summed E-state index contributed by atoms with van der Waals surface area (Å²) < 4.78 is 5.94. The fourth-order valence-corrected chi connectivity index (χ4v) is 2.19. The van der Waals surface area contributed by atoms with Gasteiger partial charge in [-0.25, -0.2) is 0 Å². The van der Waals surface area contributed by atoms with Crippen LogP contribution in [0.3, 0.4) is 0 Å². The number of amides is 1. The Morgan fingerprint density at radius 1 is 1.53 bits per heavy atom. The molecule has 0 radical (unpaired) electrons. The lowest BCUT2D eigenvalue weighted by Crippen LogP contribution is -2.48. The van der Waals surface area contributed by atoms with E-state index in [9.17, 15) is 9.59 Å². The van der Waals surface area contributed by atoms with Crippen LogP contribution in [0.2, 0.25) is 0 Å². The minimum atomic E-state index is -0.786. The summed E-state index contributed by atoms with van der Waals surface area (Å²) in [5.74, 6) is -0.217. The van der Waals surface area contributed by atoms with Crippen molar-refractivity contribution in [1.29, 1.82) is 0 Å². The maximum absolute atomic E-state index is 12.0. The third-order valence-electron chi connectivity index (χ3n) is 3.35. The van der Waals surface area contributed by atoms with E-state index in [-0.39, 0.29) is 12.5 Å². The van der Waals surface area contributed by atoms with Crippen molar-refractivity contribution in [2.45, 2.75) is 37.8 Å². The molecule has 0 spiro atoms. The average molecular weight is 266 g/mol. The maximum Gasteiger partial charge on any atom is 0.327 e. The zero-order valence-corrected chi connectivity index (χ0v) is 10.9. The Bertz CT molecular complexity index is 477. The maximum atomic E-state index is 12.0. The number of anilines is 1. The van der Waals surface area contributed by atoms with Crippen molar-refractivity contribution >= 4 is 17.7 Å². The standard InChI is InChI=1S/C12H18N4O3/c1-19-10(17)8-16-7-4-9(15-16)14-11(18)12(13)5-2-3-6-12/h4,7H,2-3,5-6,8,13H2,1H3,(H,14,15,18). The lowest BCUT2D eigenvalue weighted by Gasteiger charge is -2.21. The van der Waals surface area contributed by atoms with Gasteiger partial charge in [-0.05, 0) is 12.8 Å². The molecule has 0 unspecified atom stereocenters. The summed E-state index contributed by atoms with van der Waals surface area (Å²) in [4.78, 5) is 23.1. The van der Waals surface area contributed by atoms with E-state index in [1.807, 2.05) is 0 Å². The molecule has 1 fully saturated rings. The fraction of sp³-hybridized carbons (Fsp3) is 0.583. The Labute approximate surface area is 111 Å². The first-order chi connectivity index (χ1) is 9.03. The Balaban J connectivity index is 1.96. The lowest BCUT2D eigenvalue weighted by molar-refractivity contribution is -0.141. The van der Waals surface area contributed by atoms with E-state index in [1.165, 1.54) is 11.8 Å². The van der Waals surface area contributed by atoms with Crippen molar-refractivity contribution in [3.63, 3.8) is 0 Å². The number of carbonyl (C=O) groups is 2. The molecule has 1 amide bonds. The number of hydrogen-bond donors (Lipinski definition) is 2. The summed E-state index contributed by atoms with van der Waals surface area (Å²) in [6.07, 6.45) is 4.94. The summed E-state index contributed by atoms with van der Waals surface area (Å²) in [6, 6.07) is 1.62. The molecule has 1 aromatic heterocycles. The van der Waals surface area contributed by atoms with E-state index < -0.39 is 11.5 Å². The molecule has 1 saturated carbocycles. The highest BCUT2D eigenvalue weighted by Crippen LogP contribution is 2.28. The molecule has 3 N–H and O–H groups in total. The number of esters is 1. The molecule has 7 heteroatoms. The number of aromatic nitrogens is 2. The van der Waals surface area contributed by atoms with Crippen molar-refractivity contribution in [1.82, 2.24) is 9.78 Å². The van der Waals surface area contributed by atoms with Crippen LogP contribution in [0, 0.1) is 0 Å². The molecular formula is C12H18N4O3. The molecule has 1 heterocycles. The van der Waals surface area contributed by atoms with Gasteiger partial charge in [0.2, 0.25) is 5.91 Å². The number of ether oxygens (including phenoxy) is 1. The minimum Gasteiger partial charge on any atom is -0.468 e. The number of nitrogens with two attached hydrogens (primary N) is 1. The van der Waals surface area contributed by atoms with Gasteiger partial charge in [-0.2, -0.15) is 5.10 Å². The van der Waals surface area contributed by atoms with E-state index in [1.54, 1.807) is 12.3 Å². The number of hydrogen-bond acceptors (Lipinski definition) is 5. The van der Waals surface area contributed by atoms with Crippen LogP contribution in [0.15, 0.2) is 12.3 Å². The second-order valence-electron chi connectivity index (χ2n) is 4.79. The molecule has 1 aliphatic carbocycles. The van der Waals surface area contributed by atoms with Crippen LogP contribution in [-0.2, 0) is 20.9 Å². The second-order valence-corrected chi connectivity index (χ2v) is 4.79. The number of rotatable bonds is 4. The topological polar surface area (TPSA) is 99.2 Å². The first-order valence-corrected chi connectivity index (χ1v) is 6.24. The number of carbonyl (C=O) groups excluding carboxylic acids is 2. The van der Waals surface area contributed by atoms with Crippen LogP contribution < -0.4 is 11.1 Å². The summed E-state index contributed by atoms with van der Waals surface area (Å²) in [5.41, 5.74) is 5.25. The Morgan fingerprint density at radius 2 is 2.21 bits per heavy atom. The first kappa shape index (κ1) is 13.5. The Kier molecular flexibility index (Phi) is 3.84. The van der Waals surface area contributed by atoms with Crippen molar-refractivity contribution in [2.24, 2.45) is 5.73 Å². The molecule has 0 aromatic carbocycles. The molecule has 7 nitrogen and oxygen atoms in total. The summed E-state index contributed by atoms with van der Waals surface area (Å²) >= 11 is 0. The molecule has 104 valence electrons. The molecule has 2 rings (SSSR count). The normalized spacial score (nSPS) is 17.2. The number of methoxy groups -OCH3 is 1. The van der Waals surface area contributed by atoms with Crippen LogP contribution in [0.5, 0.6) is 0 Å². The van der Waals surface area contributed by atoms with Gasteiger partial charge >= 0.3 is 5.97 Å². The van der Waals surface area contributed by atoms with Gasteiger partial charge in [0.25, 0.3) is 0 Å². The van der Waals surface area contributed by atoms with E-state index in [0.717, 1.165) is 12.8 Å². The molecular weight excluding hydrogens is 248 g/mol. The molecule has 0 saturated heterocycles. The van der Waals surface area contributed by atoms with Crippen LogP contribution in [0.1, 0.15) is 25.7 Å². The highest BCUT2D eigenvalue weighted by atomic mass is 16.5. The number of nitrogens with one attached hydrogen (secondary N) is 1. The highest BCUT2D eigenvalue weighted by molar-refractivity contribution is 5.97. The van der Waals surface area contributed by atoms with Crippen LogP contribution in [0.25, 0.3) is 0 Å². The van der Waals surface area contributed by atoms with Gasteiger partial charge < -0.3 is 15.8 Å². The average Bonchev–Trinajstić information content (AvgIpc) is 2.99. The van der Waals surface area contributed by atoms with Gasteiger partial charge in [0.1, 0.15) is 6.54 Å². The van der Waals surface area contributed by atoms with Gasteiger partial charge in [-0.3, -0.25) is 14.3 Å². The van der Waals surface area contributed by atoms with Crippen molar-refractivity contribution in [3.8, 4) is 0 Å². The van der Waals surface area contributed by atoms with Crippen molar-refractivity contribution in [2.75, 3.05) is 12.4 Å². The molecule has 0 bridgehead atoms. The van der Waals surface area contributed by atoms with Gasteiger partial charge in [0.15, 0.2) is 5.82 Å². The zero-order valence-electron chi connectivity index (χ0n) is 10.9. The second kappa shape index (κ2) is 5.40. The third-order valence-corrected chi connectivity index (χ3v) is 3.35. The Morgan fingerprint density at radius 3 is 2.84 bits per heavy atom. The SMILES string of the molecule is COC(=O)Cn1ccc(NC(=O)C2(N)CCCC2)n1. The predicted molar refractivity (Wildman–Crippen MR) is 68.3 cm³/mol. The van der Waals surface area contributed by atoms with Gasteiger partial charge in [-0.15, -0.1) is 0 Å². The molecule has 0 aliphatic heterocycles. The van der Waals surface area contributed by atoms with E-state index in [4.69, 9.17) is 5.73 Å². The summed E-state index contributed by atoms with van der Waals surface area (Å²) in [6.45, 7) is 0.0140. The largest absolute Gasteiger partial charge is 0.468 e. The molecule has 1 aromatic rings. The smallest absolute Gasteiger partial charge is 0.327 e. The summed E-state index contributed by atoms with van der Waals surface area (Å²) in [7, 11) is 1.31. The van der Waals surface area contributed by atoms with Crippen molar-refractivity contribution < 1.29 is 14.3 Å².